The van der Waals surface area contributed by atoms with Crippen molar-refractivity contribution >= 4 is 7.60 Å². The highest BCUT2D eigenvalue weighted by Crippen LogP contribution is 2.61. The van der Waals surface area contributed by atoms with E-state index in [0.29, 0.717) is 22.6 Å². The van der Waals surface area contributed by atoms with Crippen LogP contribution in [0.4, 0.5) is 0 Å². The first-order chi connectivity index (χ1) is 15.8. The van der Waals surface area contributed by atoms with Gasteiger partial charge in [0.1, 0.15) is 5.75 Å². The molecule has 33 heavy (non-hydrogen) atoms. The van der Waals surface area contributed by atoms with Crippen LogP contribution in [0.3, 0.4) is 0 Å². The van der Waals surface area contributed by atoms with Crippen LogP contribution in [0.5, 0.6) is 5.75 Å². The van der Waals surface area contributed by atoms with Crippen LogP contribution >= 0.6 is 7.60 Å². The number of aliphatic hydroxyl groups is 1. The maximum atomic E-state index is 14.0. The molecule has 7 nitrogen and oxygen atoms in total. The molecule has 2 heterocycles. The van der Waals surface area contributed by atoms with Gasteiger partial charge in [-0.05, 0) is 18.1 Å². The molecule has 0 bridgehead atoms. The number of pyridine rings is 1. The largest absolute Gasteiger partial charge is 0.461 e. The van der Waals surface area contributed by atoms with Gasteiger partial charge < -0.3 is 23.6 Å². The van der Waals surface area contributed by atoms with Crippen LogP contribution in [0.25, 0.3) is 0 Å². The van der Waals surface area contributed by atoms with Crippen LogP contribution in [-0.2, 0) is 38.2 Å². The Kier molecular flexibility index (Phi) is 6.98. The summed E-state index contributed by atoms with van der Waals surface area (Å²) in [5.74, 6) is -1.89. The first kappa shape index (κ1) is 23.6. The molecule has 1 aromatic heterocycles. The maximum absolute atomic E-state index is 14.0. The summed E-state index contributed by atoms with van der Waals surface area (Å²) in [6, 6.07) is 18.6. The molecule has 0 saturated carbocycles. The summed E-state index contributed by atoms with van der Waals surface area (Å²) in [5, 5.41) is 11.3. The zero-order valence-electron chi connectivity index (χ0n) is 18.9. The van der Waals surface area contributed by atoms with Crippen LogP contribution in [-0.4, -0.2) is 15.9 Å². The second kappa shape index (κ2) is 9.75. The van der Waals surface area contributed by atoms with E-state index in [2.05, 4.69) is 4.98 Å². The first-order valence-electron chi connectivity index (χ1n) is 10.7. The van der Waals surface area contributed by atoms with E-state index in [-0.39, 0.29) is 19.8 Å². The lowest BCUT2D eigenvalue weighted by Crippen LogP contribution is -2.36. The Morgan fingerprint density at radius 1 is 1.03 bits per heavy atom. The summed E-state index contributed by atoms with van der Waals surface area (Å²) in [6.45, 7) is 5.63. The van der Waals surface area contributed by atoms with Crippen molar-refractivity contribution in [3.8, 4) is 5.75 Å². The monoisotopic (exact) mass is 469 g/mol. The Morgan fingerprint density at radius 3 is 2.12 bits per heavy atom. The molecule has 0 radical (unpaired) electrons. The number of ether oxygens (including phenoxy) is 2. The molecule has 174 valence electrons. The Hall–Kier alpha value is -2.54. The Bertz CT molecular complexity index is 1090. The third-order valence-corrected chi connectivity index (χ3v) is 7.20. The summed E-state index contributed by atoms with van der Waals surface area (Å²) in [4.78, 5) is 4.36. The van der Waals surface area contributed by atoms with Gasteiger partial charge in [0, 0.05) is 31.2 Å². The average molecular weight is 469 g/mol. The lowest BCUT2D eigenvalue weighted by molar-refractivity contribution is -0.181. The van der Waals surface area contributed by atoms with Crippen molar-refractivity contribution < 1.29 is 28.2 Å². The van der Waals surface area contributed by atoms with E-state index >= 15 is 0 Å². The number of rotatable bonds is 8. The van der Waals surface area contributed by atoms with E-state index in [0.717, 1.165) is 11.1 Å². The molecule has 0 saturated heterocycles. The summed E-state index contributed by atoms with van der Waals surface area (Å²) in [6.07, 6.45) is 1.48. The fourth-order valence-corrected chi connectivity index (χ4v) is 5.08. The Labute approximate surface area is 193 Å². The van der Waals surface area contributed by atoms with Gasteiger partial charge in [-0.3, -0.25) is 9.55 Å². The number of aryl methyl sites for hydroxylation is 1. The molecule has 1 aliphatic rings. The maximum Gasteiger partial charge on any atom is 0.364 e. The second-order valence-corrected chi connectivity index (χ2v) is 10.4. The van der Waals surface area contributed by atoms with Crippen LogP contribution in [0.15, 0.2) is 66.9 Å². The van der Waals surface area contributed by atoms with E-state index in [1.54, 1.807) is 13.8 Å². The molecule has 1 N–H and O–H groups in total. The molecule has 0 fully saturated rings. The fourth-order valence-electron chi connectivity index (χ4n) is 3.51. The minimum absolute atomic E-state index is 0.0193. The second-order valence-electron chi connectivity index (χ2n) is 8.33. The average Bonchev–Trinajstić information content (AvgIpc) is 2.82. The predicted molar refractivity (Wildman–Crippen MR) is 123 cm³/mol. The van der Waals surface area contributed by atoms with Gasteiger partial charge in [0.15, 0.2) is 5.85 Å². The predicted octanol–water partition coefficient (Wildman–Crippen LogP) is 5.65. The quantitative estimate of drug-likeness (QED) is 0.427. The molecule has 3 aromatic rings. The molecule has 0 aliphatic carbocycles. The van der Waals surface area contributed by atoms with Crippen molar-refractivity contribution in [2.45, 2.75) is 52.2 Å². The van der Waals surface area contributed by atoms with Crippen LogP contribution in [0, 0.1) is 6.92 Å². The van der Waals surface area contributed by atoms with Crippen molar-refractivity contribution in [2.24, 2.45) is 0 Å². The smallest absolute Gasteiger partial charge is 0.364 e. The topological polar surface area (TPSA) is 87.1 Å². The summed E-state index contributed by atoms with van der Waals surface area (Å²) in [5.41, 5.74) is 3.16. The van der Waals surface area contributed by atoms with E-state index in [1.807, 2.05) is 67.6 Å². The highest BCUT2D eigenvalue weighted by molar-refractivity contribution is 7.54. The Morgan fingerprint density at radius 2 is 1.58 bits per heavy atom. The minimum Gasteiger partial charge on any atom is -0.461 e. The fraction of sp³-hybridized carbons (Fsp3) is 0.320. The van der Waals surface area contributed by atoms with Crippen molar-refractivity contribution in [3.63, 3.8) is 0 Å². The van der Waals surface area contributed by atoms with Crippen molar-refractivity contribution in [3.05, 3.63) is 94.8 Å². The lowest BCUT2D eigenvalue weighted by atomic mass is 10.1. The van der Waals surface area contributed by atoms with Crippen LogP contribution in [0.1, 0.15) is 47.6 Å². The third-order valence-electron chi connectivity index (χ3n) is 5.35. The highest BCUT2D eigenvalue weighted by atomic mass is 31.2. The van der Waals surface area contributed by atoms with Gasteiger partial charge >= 0.3 is 7.60 Å². The number of hydrogen-bond donors (Lipinski definition) is 1. The van der Waals surface area contributed by atoms with E-state index in [9.17, 15) is 9.67 Å². The normalized spacial score (nSPS) is 16.0. The summed E-state index contributed by atoms with van der Waals surface area (Å²) < 4.78 is 37.3. The van der Waals surface area contributed by atoms with Gasteiger partial charge in [0.25, 0.3) is 0 Å². The van der Waals surface area contributed by atoms with Gasteiger partial charge in [0.05, 0.1) is 25.5 Å². The number of nitrogens with zero attached hydrogens (tertiary/aromatic N) is 1. The van der Waals surface area contributed by atoms with Crippen molar-refractivity contribution in [1.82, 2.24) is 4.98 Å². The van der Waals surface area contributed by atoms with Gasteiger partial charge in [0.2, 0.25) is 5.79 Å². The molecule has 1 aliphatic heterocycles. The van der Waals surface area contributed by atoms with Gasteiger partial charge in [-0.15, -0.1) is 0 Å². The van der Waals surface area contributed by atoms with Crippen molar-refractivity contribution in [1.29, 1.82) is 0 Å². The number of fused-ring (bicyclic) bond motifs is 1. The standard InChI is InChI=1S/C25H28NO6P/c1-18-23-22(17-29-25(2,3)32-23)21(14-26-18)24(27)33(28,30-15-19-10-6-4-7-11-19)31-16-20-12-8-5-9-13-20/h4-14,24,27H,15-17H2,1-3H3. The van der Waals surface area contributed by atoms with Crippen LogP contribution in [0.2, 0.25) is 0 Å². The first-order valence-corrected chi connectivity index (χ1v) is 12.3. The molecule has 1 unspecified atom stereocenters. The SMILES string of the molecule is Cc1ncc(C(O)P(=O)(OCc2ccccc2)OCc2ccccc2)c2c1OC(C)(C)OC2. The summed E-state index contributed by atoms with van der Waals surface area (Å²) in [7, 11) is -4.05. The highest BCUT2D eigenvalue weighted by Gasteiger charge is 2.41. The zero-order chi connectivity index (χ0) is 23.5. The third kappa shape index (κ3) is 5.52. The van der Waals surface area contributed by atoms with Gasteiger partial charge in [-0.2, -0.15) is 0 Å². The molecular formula is C25H28NO6P. The van der Waals surface area contributed by atoms with E-state index in [1.165, 1.54) is 6.20 Å². The van der Waals surface area contributed by atoms with E-state index in [4.69, 9.17) is 18.5 Å². The van der Waals surface area contributed by atoms with Crippen molar-refractivity contribution in [2.75, 3.05) is 0 Å². The van der Waals surface area contributed by atoms with Gasteiger partial charge in [-0.25, -0.2) is 0 Å². The minimum atomic E-state index is -4.05. The molecule has 0 amide bonds. The van der Waals surface area contributed by atoms with Gasteiger partial charge in [-0.1, -0.05) is 60.7 Å². The molecule has 8 heteroatoms. The van der Waals surface area contributed by atoms with E-state index < -0.39 is 19.2 Å². The molecule has 1 atom stereocenters. The zero-order valence-corrected chi connectivity index (χ0v) is 19.8. The molecule has 2 aromatic carbocycles. The number of benzene rings is 2. The van der Waals surface area contributed by atoms with Crippen LogP contribution < -0.4 is 4.74 Å². The summed E-state index contributed by atoms with van der Waals surface area (Å²) >= 11 is 0. The molecule has 4 rings (SSSR count). The molecular weight excluding hydrogens is 441 g/mol. The lowest BCUT2D eigenvalue weighted by Gasteiger charge is -2.35. The molecule has 0 spiro atoms. The number of aliphatic hydroxyl groups excluding tert-OH is 1. The number of hydrogen-bond acceptors (Lipinski definition) is 7. The number of aromatic nitrogens is 1. The Balaban J connectivity index is 1.65.